The van der Waals surface area contributed by atoms with Gasteiger partial charge in [0.15, 0.2) is 5.37 Å². The second-order valence-corrected chi connectivity index (χ2v) is 4.84. The van der Waals surface area contributed by atoms with Crippen LogP contribution in [0.1, 0.15) is 5.56 Å². The van der Waals surface area contributed by atoms with Gasteiger partial charge in [-0.15, -0.1) is 11.8 Å². The van der Waals surface area contributed by atoms with Gasteiger partial charge in [-0.2, -0.15) is 0 Å². The van der Waals surface area contributed by atoms with Crippen molar-refractivity contribution in [3.63, 3.8) is 0 Å². The minimum absolute atomic E-state index is 0.201. The largest absolute Gasteiger partial charge is 0.367 e. The van der Waals surface area contributed by atoms with Crippen molar-refractivity contribution in [1.29, 1.82) is 0 Å². The van der Waals surface area contributed by atoms with Gasteiger partial charge >= 0.3 is 0 Å². The van der Waals surface area contributed by atoms with Crippen LogP contribution in [0.3, 0.4) is 0 Å². The molecule has 0 bridgehead atoms. The summed E-state index contributed by atoms with van der Waals surface area (Å²) in [4.78, 5) is 13.3. The van der Waals surface area contributed by atoms with Crippen LogP contribution < -0.4 is 10.6 Å². The second kappa shape index (κ2) is 4.14. The van der Waals surface area contributed by atoms with E-state index in [0.29, 0.717) is 0 Å². The van der Waals surface area contributed by atoms with E-state index in [-0.39, 0.29) is 11.3 Å². The minimum Gasteiger partial charge on any atom is -0.367 e. The van der Waals surface area contributed by atoms with E-state index in [1.807, 2.05) is 19.1 Å². The number of hydrogen-bond acceptors (Lipinski definition) is 3. The first-order chi connectivity index (χ1) is 7.18. The highest BCUT2D eigenvalue weighted by Gasteiger charge is 2.29. The number of nitrogens with two attached hydrogens (primary N) is 1. The number of rotatable bonds is 2. The Labute approximate surface area is 93.6 Å². The van der Waals surface area contributed by atoms with Crippen molar-refractivity contribution >= 4 is 23.4 Å². The van der Waals surface area contributed by atoms with Crippen molar-refractivity contribution < 1.29 is 4.79 Å². The Morgan fingerprint density at radius 2 is 2.13 bits per heavy atom. The van der Waals surface area contributed by atoms with Gasteiger partial charge in [0.05, 0.1) is 0 Å². The highest BCUT2D eigenvalue weighted by atomic mass is 32.2. The van der Waals surface area contributed by atoms with Crippen molar-refractivity contribution in [3.8, 4) is 0 Å². The fraction of sp³-hybridized carbons (Fsp3) is 0.364. The maximum Gasteiger partial charge on any atom is 0.250 e. The van der Waals surface area contributed by atoms with Crippen molar-refractivity contribution in [1.82, 2.24) is 0 Å². The summed E-state index contributed by atoms with van der Waals surface area (Å²) in [7, 11) is 0. The molecule has 2 N–H and O–H groups in total. The van der Waals surface area contributed by atoms with Crippen LogP contribution in [0.5, 0.6) is 0 Å². The fourth-order valence-corrected chi connectivity index (χ4v) is 2.80. The molecule has 1 amide bonds. The Morgan fingerprint density at radius 3 is 2.73 bits per heavy atom. The number of benzene rings is 1. The first-order valence-corrected chi connectivity index (χ1v) is 5.97. The summed E-state index contributed by atoms with van der Waals surface area (Å²) in [5.41, 5.74) is 7.66. The number of hydrogen-bond donors (Lipinski definition) is 1. The van der Waals surface area contributed by atoms with Gasteiger partial charge in [0.2, 0.25) is 0 Å². The molecule has 1 aliphatic heterocycles. The zero-order valence-electron chi connectivity index (χ0n) is 8.64. The molecule has 0 aliphatic carbocycles. The number of amides is 1. The molecule has 1 fully saturated rings. The van der Waals surface area contributed by atoms with Crippen LogP contribution >= 0.6 is 11.8 Å². The molecule has 80 valence electrons. The molecule has 1 aliphatic rings. The lowest BCUT2D eigenvalue weighted by atomic mass is 10.2. The quantitative estimate of drug-likeness (QED) is 0.822. The fourth-order valence-electron chi connectivity index (χ4n) is 1.71. The molecule has 0 saturated carbocycles. The number of nitrogens with zero attached hydrogens (tertiary/aromatic N) is 1. The van der Waals surface area contributed by atoms with Crippen molar-refractivity contribution in [2.24, 2.45) is 5.73 Å². The molecular formula is C11H14N2OS. The summed E-state index contributed by atoms with van der Waals surface area (Å²) in [6.07, 6.45) is 0. The molecule has 4 heteroatoms. The zero-order valence-corrected chi connectivity index (χ0v) is 9.46. The third-order valence-corrected chi connectivity index (χ3v) is 3.72. The lowest BCUT2D eigenvalue weighted by Crippen LogP contribution is -2.38. The third kappa shape index (κ3) is 2.09. The van der Waals surface area contributed by atoms with Crippen LogP contribution in [0.25, 0.3) is 0 Å². The summed E-state index contributed by atoms with van der Waals surface area (Å²) < 4.78 is 0. The molecule has 3 nitrogen and oxygen atoms in total. The Hall–Kier alpha value is -1.16. The van der Waals surface area contributed by atoms with Gasteiger partial charge < -0.3 is 10.6 Å². The average Bonchev–Trinajstić information content (AvgIpc) is 2.67. The van der Waals surface area contributed by atoms with Gasteiger partial charge in [-0.3, -0.25) is 4.79 Å². The zero-order chi connectivity index (χ0) is 10.8. The molecule has 1 atom stereocenters. The maximum absolute atomic E-state index is 11.2. The highest BCUT2D eigenvalue weighted by Crippen LogP contribution is 2.29. The first-order valence-electron chi connectivity index (χ1n) is 4.93. The molecule has 0 aromatic heterocycles. The van der Waals surface area contributed by atoms with Gasteiger partial charge in [0, 0.05) is 18.0 Å². The van der Waals surface area contributed by atoms with Crippen molar-refractivity contribution in [2.75, 3.05) is 17.2 Å². The SMILES string of the molecule is Cc1ccc(N2CCS[C@@H]2C(N)=O)cc1. The lowest BCUT2D eigenvalue weighted by Gasteiger charge is -2.23. The van der Waals surface area contributed by atoms with E-state index in [4.69, 9.17) is 5.73 Å². The Bertz CT molecular complexity index is 363. The smallest absolute Gasteiger partial charge is 0.250 e. The second-order valence-electron chi connectivity index (χ2n) is 3.65. The van der Waals surface area contributed by atoms with Crippen LogP contribution in [-0.4, -0.2) is 23.6 Å². The monoisotopic (exact) mass is 222 g/mol. The van der Waals surface area contributed by atoms with Gasteiger partial charge in [0.1, 0.15) is 0 Å². The van der Waals surface area contributed by atoms with Crippen LogP contribution in [0.15, 0.2) is 24.3 Å². The maximum atomic E-state index is 11.2. The molecule has 2 rings (SSSR count). The van der Waals surface area contributed by atoms with Crippen molar-refractivity contribution in [3.05, 3.63) is 29.8 Å². The van der Waals surface area contributed by atoms with E-state index in [0.717, 1.165) is 18.0 Å². The van der Waals surface area contributed by atoms with E-state index in [1.54, 1.807) is 11.8 Å². The molecule has 0 radical (unpaired) electrons. The van der Waals surface area contributed by atoms with E-state index in [1.165, 1.54) is 5.56 Å². The molecule has 15 heavy (non-hydrogen) atoms. The molecule has 0 spiro atoms. The van der Waals surface area contributed by atoms with E-state index in [9.17, 15) is 4.79 Å². The Morgan fingerprint density at radius 1 is 1.47 bits per heavy atom. The molecule has 1 heterocycles. The summed E-state index contributed by atoms with van der Waals surface area (Å²) >= 11 is 1.61. The molecule has 1 aromatic carbocycles. The first kappa shape index (κ1) is 10.4. The number of carbonyl (C=O) groups is 1. The number of anilines is 1. The van der Waals surface area contributed by atoms with Gasteiger partial charge in [-0.1, -0.05) is 17.7 Å². The third-order valence-electron chi connectivity index (χ3n) is 2.50. The number of aryl methyl sites for hydroxylation is 1. The molecule has 1 aromatic rings. The molecular weight excluding hydrogens is 208 g/mol. The molecule has 0 unspecified atom stereocenters. The summed E-state index contributed by atoms with van der Waals surface area (Å²) in [6, 6.07) is 8.18. The summed E-state index contributed by atoms with van der Waals surface area (Å²) in [5, 5.41) is -0.201. The predicted octanol–water partition coefficient (Wildman–Crippen LogP) is 1.36. The number of thioether (sulfide) groups is 1. The van der Waals surface area contributed by atoms with Crippen LogP contribution in [0.2, 0.25) is 0 Å². The molecule has 1 saturated heterocycles. The summed E-state index contributed by atoms with van der Waals surface area (Å²) in [5.74, 6) is 0.708. The topological polar surface area (TPSA) is 46.3 Å². The van der Waals surface area contributed by atoms with Crippen LogP contribution in [0, 0.1) is 6.92 Å². The van der Waals surface area contributed by atoms with E-state index in [2.05, 4.69) is 17.0 Å². The van der Waals surface area contributed by atoms with Crippen LogP contribution in [-0.2, 0) is 4.79 Å². The van der Waals surface area contributed by atoms with E-state index < -0.39 is 0 Å². The van der Waals surface area contributed by atoms with Crippen LogP contribution in [0.4, 0.5) is 5.69 Å². The number of primary amides is 1. The standard InChI is InChI=1S/C11H14N2OS/c1-8-2-4-9(5-3-8)13-6-7-15-11(13)10(12)14/h2-5,11H,6-7H2,1H3,(H2,12,14)/t11-/m1/s1. The summed E-state index contributed by atoms with van der Waals surface area (Å²) in [6.45, 7) is 2.94. The van der Waals surface area contributed by atoms with Gasteiger partial charge in [0.25, 0.3) is 5.91 Å². The average molecular weight is 222 g/mol. The Kier molecular flexibility index (Phi) is 2.86. The number of carbonyl (C=O) groups excluding carboxylic acids is 1. The van der Waals surface area contributed by atoms with E-state index >= 15 is 0 Å². The normalized spacial score (nSPS) is 20.6. The van der Waals surface area contributed by atoms with Gasteiger partial charge in [-0.05, 0) is 19.1 Å². The highest BCUT2D eigenvalue weighted by molar-refractivity contribution is 8.01. The Balaban J connectivity index is 2.22. The van der Waals surface area contributed by atoms with Crippen molar-refractivity contribution in [2.45, 2.75) is 12.3 Å². The predicted molar refractivity (Wildman–Crippen MR) is 64.0 cm³/mol. The minimum atomic E-state index is -0.252. The van der Waals surface area contributed by atoms with Gasteiger partial charge in [-0.25, -0.2) is 0 Å². The lowest BCUT2D eigenvalue weighted by molar-refractivity contribution is -0.117.